The van der Waals surface area contributed by atoms with Crippen molar-refractivity contribution in [1.29, 1.82) is 0 Å². The molecule has 1 aliphatic carbocycles. The number of carbonyl (C=O) groups excluding carboxylic acids is 3. The molecule has 20 nitrogen and oxygen atoms in total. The van der Waals surface area contributed by atoms with Crippen molar-refractivity contribution in [3.8, 4) is 40.1 Å². The minimum absolute atomic E-state index is 0.0559. The second-order valence-corrected chi connectivity index (χ2v) is 25.1. The number of hydrazone groups is 1. The van der Waals surface area contributed by atoms with E-state index in [1.54, 1.807) is 44.9 Å². The molecule has 0 saturated carbocycles. The third-order valence-electron chi connectivity index (χ3n) is 17.2. The van der Waals surface area contributed by atoms with Crippen LogP contribution in [0.25, 0.3) is 38.9 Å². The minimum Gasteiger partial charge on any atom is -0.507 e. The number of aliphatic hydroxyl groups is 2. The van der Waals surface area contributed by atoms with Gasteiger partial charge < -0.3 is 64.6 Å². The highest BCUT2D eigenvalue weighted by molar-refractivity contribution is 6.31. The van der Waals surface area contributed by atoms with E-state index in [4.69, 9.17) is 52.1 Å². The van der Waals surface area contributed by atoms with Gasteiger partial charge in [0.25, 0.3) is 11.7 Å². The molecule has 0 radical (unpaired) electrons. The van der Waals surface area contributed by atoms with E-state index in [0.29, 0.717) is 23.1 Å². The number of amides is 1. The summed E-state index contributed by atoms with van der Waals surface area (Å²) in [6, 6.07) is 27.9. The van der Waals surface area contributed by atoms with Crippen molar-refractivity contribution in [1.82, 2.24) is 19.5 Å². The Morgan fingerprint density at radius 2 is 1.52 bits per heavy atom. The fourth-order valence-electron chi connectivity index (χ4n) is 11.8. The van der Waals surface area contributed by atoms with Crippen LogP contribution in [0.2, 0.25) is 10.0 Å². The summed E-state index contributed by atoms with van der Waals surface area (Å²) in [6.45, 7) is 19.2. The Bertz CT molecular complexity index is 4070. The summed E-state index contributed by atoms with van der Waals surface area (Å²) in [6.07, 6.45) is 4.86. The zero-order chi connectivity index (χ0) is 66.6. The first-order valence-corrected chi connectivity index (χ1v) is 31.3. The number of methoxy groups -OCH3 is 1. The number of nitrogens with zero attached hydrogens (tertiary/aromatic N) is 6. The summed E-state index contributed by atoms with van der Waals surface area (Å²) in [5, 5.41) is 72.6. The highest BCUT2D eigenvalue weighted by Gasteiger charge is 2.50. The number of hydrogen-bond acceptors (Lipinski definition) is 18. The lowest BCUT2D eigenvalue weighted by molar-refractivity contribution is -0.160. The number of para-hydroxylation sites is 2. The summed E-state index contributed by atoms with van der Waals surface area (Å²) in [5.41, 5.74) is 6.25. The third-order valence-corrected chi connectivity index (χ3v) is 17.7. The van der Waals surface area contributed by atoms with Crippen molar-refractivity contribution in [2.45, 2.75) is 105 Å². The Labute approximate surface area is 545 Å². The van der Waals surface area contributed by atoms with Crippen LogP contribution < -0.4 is 20.7 Å². The number of anilines is 3. The molecule has 1 saturated heterocycles. The molecule has 0 spiro atoms. The van der Waals surface area contributed by atoms with Gasteiger partial charge in [-0.2, -0.15) is 5.10 Å². The number of benzene rings is 6. The fraction of sp³-hybridized carbons (Fsp3) is 0.371. The van der Waals surface area contributed by atoms with Crippen LogP contribution in [0.1, 0.15) is 83.8 Å². The number of hydrogen-bond donors (Lipinski definition) is 7. The Hall–Kier alpha value is -8.50. The number of ketones is 1. The number of aromatic hydroxyl groups is 3. The van der Waals surface area contributed by atoms with Crippen LogP contribution in [0.4, 0.5) is 17.1 Å². The van der Waals surface area contributed by atoms with E-state index < -0.39 is 88.8 Å². The maximum Gasteiger partial charge on any atom is 0.312 e. The van der Waals surface area contributed by atoms with Gasteiger partial charge in [-0.05, 0) is 114 Å². The van der Waals surface area contributed by atoms with E-state index in [1.165, 1.54) is 59.4 Å². The van der Waals surface area contributed by atoms with Crippen LogP contribution in [0.15, 0.2) is 131 Å². The molecule has 22 heteroatoms. The van der Waals surface area contributed by atoms with Gasteiger partial charge in [-0.25, -0.2) is 4.98 Å². The molecule has 5 heterocycles. The van der Waals surface area contributed by atoms with Crippen LogP contribution in [0.5, 0.6) is 23.0 Å². The van der Waals surface area contributed by atoms with Crippen LogP contribution >= 0.6 is 23.2 Å². The molecule has 9 atom stereocenters. The van der Waals surface area contributed by atoms with E-state index in [9.17, 15) is 39.9 Å². The molecule has 1 fully saturated rings. The van der Waals surface area contributed by atoms with Gasteiger partial charge in [0.2, 0.25) is 0 Å². The number of aliphatic hydroxyl groups excluding tert-OH is 2. The lowest BCUT2D eigenvalue weighted by Crippen LogP contribution is -2.46. The first-order chi connectivity index (χ1) is 43.7. The summed E-state index contributed by atoms with van der Waals surface area (Å²) < 4.78 is 25.8. The van der Waals surface area contributed by atoms with Gasteiger partial charge in [0, 0.05) is 115 Å². The number of halogens is 2. The number of ether oxygens (including phenoxy) is 4. The fourth-order valence-corrected chi connectivity index (χ4v) is 12.1. The predicted molar refractivity (Wildman–Crippen MR) is 359 cm³/mol. The maximum atomic E-state index is 14.4. The smallest absolute Gasteiger partial charge is 0.312 e. The van der Waals surface area contributed by atoms with E-state index in [2.05, 4.69) is 57.2 Å². The first kappa shape index (κ1) is 67.9. The molecule has 5 aromatic rings. The number of carbonyl (C=O) groups is 3. The molecule has 7 N–H and O–H groups in total. The number of nitrogens with one attached hydrogen (secondary N) is 2. The SMILES string of the molecule is CC(C)N=c1cc2n(-c3ccc(Cl)cc3)c3ccccc3nc-2cc1Nc1ccc(Cl)cc1.CO[C@H]1/C=C/O[C@@]2(C)Oc3c(C)c(O)c4c(O)c(c(/C=N/N5CCN(C)CC5)c(O)c4c3C2=O)NC(=O)/C(C)=C\C=C\[C@H](C)[C@H](O)[C@@H](C)[C@@H](O)[C@@H](C)[C@H](OC(C)=O)[C@@H]1C. The lowest BCUT2D eigenvalue weighted by Gasteiger charge is -2.38. The normalized spacial score (nSPS) is 24.9. The largest absolute Gasteiger partial charge is 0.507 e. The molecule has 5 aromatic carbocycles. The first-order valence-electron chi connectivity index (χ1n) is 30.5. The number of esters is 1. The number of rotatable bonds is 8. The number of Topliss-reactive ketones (excluding diaryl/α,β-unsaturated/α-hetero) is 1. The van der Waals surface area contributed by atoms with Crippen LogP contribution in [0, 0.1) is 30.6 Å². The molecule has 6 aliphatic rings. The third kappa shape index (κ3) is 14.4. The number of likely N-dealkylation sites (N-methyl/N-ethyl adjacent to an activating group) is 1. The molecule has 1 amide bonds. The molecule has 92 heavy (non-hydrogen) atoms. The highest BCUT2D eigenvalue weighted by atomic mass is 35.5. The lowest BCUT2D eigenvalue weighted by atomic mass is 9.78. The summed E-state index contributed by atoms with van der Waals surface area (Å²) in [4.78, 5) is 52.5. The number of allylic oxidation sites excluding steroid dienone is 2. The zero-order valence-electron chi connectivity index (χ0n) is 53.6. The molecule has 486 valence electrons. The van der Waals surface area contributed by atoms with E-state index >= 15 is 0 Å². The summed E-state index contributed by atoms with van der Waals surface area (Å²) in [5.74, 6) is -8.34. The Balaban J connectivity index is 0.000000254. The van der Waals surface area contributed by atoms with Crippen LogP contribution in [-0.4, -0.2) is 145 Å². The Morgan fingerprint density at radius 3 is 2.17 bits per heavy atom. The number of phenolic OH excluding ortho intramolecular Hbond substituents is 3. The topological polar surface area (TPSA) is 262 Å². The van der Waals surface area contributed by atoms with Gasteiger partial charge in [0.15, 0.2) is 5.75 Å². The molecular formula is C70H80Cl2N8O12. The highest BCUT2D eigenvalue weighted by Crippen LogP contribution is 2.55. The molecule has 0 aromatic heterocycles. The Morgan fingerprint density at radius 1 is 0.859 bits per heavy atom. The average Bonchev–Trinajstić information content (AvgIpc) is 1.45. The van der Waals surface area contributed by atoms with Gasteiger partial charge >= 0.3 is 11.8 Å². The summed E-state index contributed by atoms with van der Waals surface area (Å²) in [7, 11) is 3.42. The molecular weight excluding hydrogens is 1220 g/mol. The number of fused-ring (bicyclic) bond motifs is 16. The van der Waals surface area contributed by atoms with Gasteiger partial charge in [-0.1, -0.05) is 81.3 Å². The summed E-state index contributed by atoms with van der Waals surface area (Å²) >= 11 is 12.2. The zero-order valence-corrected chi connectivity index (χ0v) is 55.1. The van der Waals surface area contributed by atoms with Crippen molar-refractivity contribution >= 4 is 85.9 Å². The average molecular weight is 1300 g/mol. The van der Waals surface area contributed by atoms with Crippen molar-refractivity contribution in [3.05, 3.63) is 153 Å². The maximum absolute atomic E-state index is 14.4. The molecule has 11 rings (SSSR count). The van der Waals surface area contributed by atoms with Crippen molar-refractivity contribution in [3.63, 3.8) is 0 Å². The van der Waals surface area contributed by atoms with Gasteiger partial charge in [-0.3, -0.25) is 24.4 Å². The van der Waals surface area contributed by atoms with Crippen LogP contribution in [-0.2, 0) is 23.8 Å². The van der Waals surface area contributed by atoms with Crippen molar-refractivity contribution in [2.75, 3.05) is 51.0 Å². The van der Waals surface area contributed by atoms with Gasteiger partial charge in [-0.15, -0.1) is 0 Å². The number of phenols is 3. The molecule has 5 aliphatic heterocycles. The molecule has 5 bridgehead atoms. The number of piperazine rings is 1. The minimum atomic E-state index is -2.04. The van der Waals surface area contributed by atoms with Gasteiger partial charge in [0.05, 0.1) is 86.5 Å². The molecule has 0 unspecified atom stereocenters. The van der Waals surface area contributed by atoms with E-state index in [1.807, 2.05) is 73.8 Å². The van der Waals surface area contributed by atoms with Crippen molar-refractivity contribution < 1.29 is 58.9 Å². The van der Waals surface area contributed by atoms with Crippen LogP contribution in [0.3, 0.4) is 0 Å². The number of aromatic nitrogens is 2. The predicted octanol–water partition coefficient (Wildman–Crippen LogP) is 11.8. The van der Waals surface area contributed by atoms with Crippen molar-refractivity contribution in [2.24, 2.45) is 33.8 Å². The van der Waals surface area contributed by atoms with Gasteiger partial charge in [0.1, 0.15) is 23.4 Å². The second-order valence-electron chi connectivity index (χ2n) is 24.2. The Kier molecular flexibility index (Phi) is 21.1. The quantitative estimate of drug-likeness (QED) is 0.0245. The standard InChI is InChI=1S/C43H58N4O12.C27H22Cl2N4/c1-21-12-11-13-22(2)42(55)45-33-28(20-44-47-17-15-46(9)16-18-47)37(52)30-31(38(33)53)36(51)26(6)40-32(30)41(54)43(8,59-40)57-19-14-29(56-10)23(3)39(58-27(7)48)25(5)35(50)24(4)34(21)49;1-17(2)30-24-16-27-25(15-23(24)31-20-11-7-18(28)8-12-20)32-22-5-3-4-6-26(22)33(27)21-13-9-19(29)10-14-21/h11-14,19-21,23-25,29,34-35,39,49-53H,15-18H2,1-10H3,(H,45,55);3-17,31H,1-2H3/b12-11+,19-14+,22-13-,44-20+;/t21-,23+,24+,25+,29-,34-,35+,39+,43-;/m0./s1. The second kappa shape index (κ2) is 28.6. The van der Waals surface area contributed by atoms with E-state index in [-0.39, 0.29) is 50.5 Å². The van der Waals surface area contributed by atoms with E-state index in [0.717, 1.165) is 57.9 Å². The monoisotopic (exact) mass is 1290 g/mol.